The molecule has 1 aromatic rings. The van der Waals surface area contributed by atoms with Gasteiger partial charge in [-0.1, -0.05) is 11.6 Å². The summed E-state index contributed by atoms with van der Waals surface area (Å²) >= 11 is 5.51. The molecule has 0 heterocycles. The number of nitrogens with zero attached hydrogens (tertiary/aromatic N) is 1. The van der Waals surface area contributed by atoms with Crippen molar-refractivity contribution in [2.75, 3.05) is 4.72 Å². The molecule has 0 saturated heterocycles. The summed E-state index contributed by atoms with van der Waals surface area (Å²) in [6.07, 6.45) is 0. The van der Waals surface area contributed by atoms with E-state index in [0.717, 1.165) is 6.07 Å². The Morgan fingerprint density at radius 3 is 2.47 bits per heavy atom. The van der Waals surface area contributed by atoms with Crippen molar-refractivity contribution in [2.45, 2.75) is 0 Å². The molecule has 0 aliphatic heterocycles. The van der Waals surface area contributed by atoms with Crippen LogP contribution in [0, 0.1) is 10.1 Å². The molecule has 0 aromatic heterocycles. The van der Waals surface area contributed by atoms with Gasteiger partial charge in [0.15, 0.2) is 0 Å². The number of hydrogen-bond donors (Lipinski definition) is 2. The first-order valence-electron chi connectivity index (χ1n) is 3.35. The van der Waals surface area contributed by atoms with Crippen LogP contribution in [0.25, 0.3) is 0 Å². The van der Waals surface area contributed by atoms with Crippen LogP contribution in [0.5, 0.6) is 0 Å². The average Bonchev–Trinajstić information content (AvgIpc) is 2.07. The van der Waals surface area contributed by atoms with Crippen molar-refractivity contribution < 1.29 is 13.3 Å². The van der Waals surface area contributed by atoms with Crippen molar-refractivity contribution >= 4 is 63.4 Å². The molecule has 0 bridgehead atoms. The van der Waals surface area contributed by atoms with Crippen LogP contribution in [0.15, 0.2) is 18.2 Å². The van der Waals surface area contributed by atoms with Gasteiger partial charge in [-0.2, -0.15) is 0 Å². The fraction of sp³-hybridized carbons (Fsp3) is 0. The molecule has 0 aliphatic carbocycles. The van der Waals surface area contributed by atoms with Crippen molar-refractivity contribution in [3.8, 4) is 0 Å². The monoisotopic (exact) mass is 259 g/mol. The molecule has 15 heavy (non-hydrogen) atoms. The Bertz CT molecular complexity index is 443. The maximum Gasteiger partial charge on any atom is 0.294 e. The minimum atomic E-state index is -2.92. The Labute approximate surface area is 114 Å². The summed E-state index contributed by atoms with van der Waals surface area (Å²) in [5.41, 5.74) is -0.479. The smallest absolute Gasteiger partial charge is 0.279 e. The van der Waals surface area contributed by atoms with Crippen molar-refractivity contribution in [3.05, 3.63) is 33.3 Å². The number of hydrogen-bond acceptors (Lipinski definition) is 4. The number of nitrogens with one attached hydrogen (secondary N) is 1. The maximum absolute atomic E-state index is 10.5. The number of nitro groups is 1. The molecule has 6 nitrogen and oxygen atoms in total. The summed E-state index contributed by atoms with van der Waals surface area (Å²) in [5.74, 6) is 0. The van der Waals surface area contributed by atoms with E-state index in [-0.39, 0.29) is 46.0 Å². The summed E-state index contributed by atoms with van der Waals surface area (Å²) in [6, 6.07) is 3.66. The van der Waals surface area contributed by atoms with E-state index in [1.165, 1.54) is 12.1 Å². The van der Waals surface area contributed by atoms with E-state index in [9.17, 15) is 18.5 Å². The van der Waals surface area contributed by atoms with E-state index in [4.69, 9.17) is 11.6 Å². The van der Waals surface area contributed by atoms with E-state index in [0.29, 0.717) is 0 Å². The van der Waals surface area contributed by atoms with Crippen LogP contribution in [0.4, 0.5) is 11.4 Å². The largest absolute Gasteiger partial charge is 0.294 e. The number of rotatable bonds is 3. The molecule has 1 aromatic carbocycles. The summed E-state index contributed by atoms with van der Waals surface area (Å²) in [5, 5.41) is 10.6. The number of thiol groups is 1. The SMILES string of the molecule is O=[N+]([O-])c1cc(Cl)ccc1N[SH](=O)=O.[Na]. The molecular formula is C6H5ClN2NaO4S. The molecule has 1 rings (SSSR count). The van der Waals surface area contributed by atoms with Gasteiger partial charge < -0.3 is 0 Å². The first-order chi connectivity index (χ1) is 6.50. The summed E-state index contributed by atoms with van der Waals surface area (Å²) in [4.78, 5) is 9.75. The quantitative estimate of drug-likeness (QED) is 0.364. The maximum atomic E-state index is 10.5. The standard InChI is InChI=1S/C6H5ClN2O4S.Na/c7-4-1-2-5(8-14(12)13)6(3-4)9(10)11;/h1-3,14H,(H,8,12,13);. The minimum Gasteiger partial charge on any atom is -0.279 e. The fourth-order valence-electron chi connectivity index (χ4n) is 0.849. The van der Waals surface area contributed by atoms with E-state index < -0.39 is 15.8 Å². The van der Waals surface area contributed by atoms with Crippen LogP contribution in [-0.2, 0) is 10.9 Å². The third-order valence-electron chi connectivity index (χ3n) is 1.37. The second-order valence-corrected chi connectivity index (χ2v) is 3.46. The molecule has 0 spiro atoms. The zero-order chi connectivity index (χ0) is 10.7. The summed E-state index contributed by atoms with van der Waals surface area (Å²) < 4.78 is 22.5. The second kappa shape index (κ2) is 6.29. The van der Waals surface area contributed by atoms with Gasteiger partial charge in [0.1, 0.15) is 5.69 Å². The molecule has 0 unspecified atom stereocenters. The Kier molecular flexibility index (Phi) is 6.15. The van der Waals surface area contributed by atoms with Crippen molar-refractivity contribution in [1.82, 2.24) is 0 Å². The molecule has 0 atom stereocenters. The van der Waals surface area contributed by atoms with Crippen molar-refractivity contribution in [3.63, 3.8) is 0 Å². The molecule has 0 saturated carbocycles. The van der Waals surface area contributed by atoms with Gasteiger partial charge in [-0.05, 0) is 12.1 Å². The molecule has 0 amide bonds. The van der Waals surface area contributed by atoms with E-state index >= 15 is 0 Å². The third kappa shape index (κ3) is 4.35. The van der Waals surface area contributed by atoms with Gasteiger partial charge in [-0.15, -0.1) is 0 Å². The normalized spacial score (nSPS) is 9.47. The summed E-state index contributed by atoms with van der Waals surface area (Å²) in [6.45, 7) is 0. The van der Waals surface area contributed by atoms with Gasteiger partial charge in [0.25, 0.3) is 5.69 Å². The van der Waals surface area contributed by atoms with E-state index in [1.54, 1.807) is 0 Å². The Hall–Kier alpha value is -0.340. The van der Waals surface area contributed by atoms with Gasteiger partial charge in [0, 0.05) is 40.6 Å². The molecule has 9 heteroatoms. The van der Waals surface area contributed by atoms with Crippen LogP contribution < -0.4 is 4.72 Å². The van der Waals surface area contributed by atoms with Gasteiger partial charge in [0.2, 0.25) is 10.9 Å². The van der Waals surface area contributed by atoms with Crippen LogP contribution in [0.2, 0.25) is 5.02 Å². The Balaban J connectivity index is 0.00000196. The van der Waals surface area contributed by atoms with Crippen LogP contribution in [0.1, 0.15) is 0 Å². The first-order valence-corrected chi connectivity index (χ1v) is 4.91. The van der Waals surface area contributed by atoms with Gasteiger partial charge in [-0.3, -0.25) is 14.8 Å². The molecule has 1 N–H and O–H groups in total. The third-order valence-corrected chi connectivity index (χ3v) is 2.03. The predicted molar refractivity (Wildman–Crippen MR) is 57.8 cm³/mol. The number of benzene rings is 1. The van der Waals surface area contributed by atoms with Crippen LogP contribution >= 0.6 is 11.6 Å². The van der Waals surface area contributed by atoms with Gasteiger partial charge in [0.05, 0.1) is 4.92 Å². The van der Waals surface area contributed by atoms with E-state index in [1.807, 2.05) is 4.72 Å². The first kappa shape index (κ1) is 14.7. The minimum absolute atomic E-state index is 0. The molecule has 77 valence electrons. The van der Waals surface area contributed by atoms with Crippen molar-refractivity contribution in [2.24, 2.45) is 0 Å². The number of anilines is 1. The zero-order valence-electron chi connectivity index (χ0n) is 7.64. The van der Waals surface area contributed by atoms with Gasteiger partial charge >= 0.3 is 0 Å². The fourth-order valence-corrected chi connectivity index (χ4v) is 1.40. The molecule has 0 aliphatic rings. The Morgan fingerprint density at radius 1 is 1.40 bits per heavy atom. The summed E-state index contributed by atoms with van der Waals surface area (Å²) in [7, 11) is -2.92. The van der Waals surface area contributed by atoms with Gasteiger partial charge in [-0.25, -0.2) is 8.42 Å². The molecule has 1 radical (unpaired) electrons. The zero-order valence-corrected chi connectivity index (χ0v) is 11.3. The number of nitro benzene ring substituents is 1. The average molecular weight is 260 g/mol. The predicted octanol–water partition coefficient (Wildman–Crippen LogP) is 0.806. The topological polar surface area (TPSA) is 89.3 Å². The van der Waals surface area contributed by atoms with Crippen molar-refractivity contribution in [1.29, 1.82) is 0 Å². The molecule has 0 fully saturated rings. The van der Waals surface area contributed by atoms with Crippen LogP contribution in [0.3, 0.4) is 0 Å². The molecular weight excluding hydrogens is 255 g/mol. The Morgan fingerprint density at radius 2 is 2.00 bits per heavy atom. The van der Waals surface area contributed by atoms with E-state index in [2.05, 4.69) is 0 Å². The number of halogens is 1. The second-order valence-electron chi connectivity index (χ2n) is 2.29. The van der Waals surface area contributed by atoms with Crippen LogP contribution in [-0.4, -0.2) is 42.9 Å².